The molecule has 1 atom stereocenters. The van der Waals surface area contributed by atoms with Crippen LogP contribution in [0.15, 0.2) is 34.7 Å². The molecule has 0 amide bonds. The molecule has 1 N–H and O–H groups in total. The number of rotatable bonds is 5. The second-order valence-corrected chi connectivity index (χ2v) is 3.95. The summed E-state index contributed by atoms with van der Waals surface area (Å²) in [5, 5.41) is 3.08. The number of methoxy groups -OCH3 is 1. The first kappa shape index (κ1) is 12.6. The molecule has 0 fully saturated rings. The highest BCUT2D eigenvalue weighted by atomic mass is 19.1. The lowest BCUT2D eigenvalue weighted by Gasteiger charge is -2.16. The number of anilines is 1. The molecular formula is C13H15FN2O2. The van der Waals surface area contributed by atoms with Crippen molar-refractivity contribution in [2.75, 3.05) is 19.0 Å². The molecule has 1 unspecified atom stereocenters. The molecule has 0 aliphatic carbocycles. The van der Waals surface area contributed by atoms with Crippen molar-refractivity contribution in [3.8, 4) is 0 Å². The van der Waals surface area contributed by atoms with Crippen LogP contribution in [0, 0.1) is 12.9 Å². The Labute approximate surface area is 105 Å². The van der Waals surface area contributed by atoms with E-state index in [1.54, 1.807) is 19.2 Å². The maximum Gasteiger partial charge on any atom is 0.214 e. The zero-order chi connectivity index (χ0) is 13.0. The molecule has 0 aliphatic rings. The maximum atomic E-state index is 13.0. The lowest BCUT2D eigenvalue weighted by molar-refractivity contribution is 0.178. The summed E-state index contributed by atoms with van der Waals surface area (Å²) in [4.78, 5) is 3.75. The predicted octanol–water partition coefficient (Wildman–Crippen LogP) is 2.92. The van der Waals surface area contributed by atoms with Crippen LogP contribution in [0.25, 0.3) is 0 Å². The molecule has 2 heterocycles. The third-order valence-electron chi connectivity index (χ3n) is 2.48. The number of furan rings is 1. The van der Waals surface area contributed by atoms with Gasteiger partial charge in [-0.05, 0) is 31.2 Å². The Morgan fingerprint density at radius 1 is 1.39 bits per heavy atom. The highest BCUT2D eigenvalue weighted by molar-refractivity contribution is 5.36. The van der Waals surface area contributed by atoms with Gasteiger partial charge in [-0.15, -0.1) is 0 Å². The van der Waals surface area contributed by atoms with Gasteiger partial charge in [0.05, 0.1) is 6.61 Å². The monoisotopic (exact) mass is 250 g/mol. The summed E-state index contributed by atoms with van der Waals surface area (Å²) in [6.45, 7) is 2.28. The van der Waals surface area contributed by atoms with Crippen LogP contribution < -0.4 is 5.32 Å². The number of nitrogens with zero attached hydrogens (tertiary/aromatic N) is 1. The van der Waals surface area contributed by atoms with E-state index in [-0.39, 0.29) is 6.04 Å². The number of hydrogen-bond acceptors (Lipinski definition) is 4. The first-order valence-electron chi connectivity index (χ1n) is 5.63. The third-order valence-corrected chi connectivity index (χ3v) is 2.48. The minimum atomic E-state index is -0.521. The number of aryl methyl sites for hydroxylation is 1. The first-order chi connectivity index (χ1) is 8.69. The van der Waals surface area contributed by atoms with E-state index in [9.17, 15) is 4.39 Å². The van der Waals surface area contributed by atoms with Gasteiger partial charge in [-0.2, -0.15) is 4.39 Å². The molecule has 2 aromatic heterocycles. The summed E-state index contributed by atoms with van der Waals surface area (Å²) in [5.74, 6) is 1.48. The summed E-state index contributed by atoms with van der Waals surface area (Å²) >= 11 is 0. The highest BCUT2D eigenvalue weighted by Gasteiger charge is 2.15. The van der Waals surface area contributed by atoms with Gasteiger partial charge in [-0.1, -0.05) is 6.07 Å². The lowest BCUT2D eigenvalue weighted by atomic mass is 10.2. The molecular weight excluding hydrogens is 235 g/mol. The molecule has 0 aliphatic heterocycles. The normalized spacial score (nSPS) is 12.4. The third kappa shape index (κ3) is 3.07. The van der Waals surface area contributed by atoms with Gasteiger partial charge in [0.15, 0.2) is 0 Å². The Morgan fingerprint density at radius 2 is 2.22 bits per heavy atom. The van der Waals surface area contributed by atoms with Crippen LogP contribution >= 0.6 is 0 Å². The number of aromatic nitrogens is 1. The number of hydrogen-bond donors (Lipinski definition) is 1. The van der Waals surface area contributed by atoms with Crippen molar-refractivity contribution in [1.29, 1.82) is 0 Å². The van der Waals surface area contributed by atoms with E-state index in [1.807, 2.05) is 19.1 Å². The molecule has 0 aromatic carbocycles. The Hall–Kier alpha value is -1.88. The number of pyridine rings is 1. The Kier molecular flexibility index (Phi) is 3.94. The van der Waals surface area contributed by atoms with E-state index in [1.165, 1.54) is 6.07 Å². The summed E-state index contributed by atoms with van der Waals surface area (Å²) in [6.07, 6.45) is 0. The minimum Gasteiger partial charge on any atom is -0.464 e. The zero-order valence-electron chi connectivity index (χ0n) is 10.3. The molecule has 2 aromatic rings. The van der Waals surface area contributed by atoms with Crippen molar-refractivity contribution in [2.45, 2.75) is 13.0 Å². The van der Waals surface area contributed by atoms with Gasteiger partial charge in [-0.3, -0.25) is 0 Å². The molecule has 0 radical (unpaired) electrons. The van der Waals surface area contributed by atoms with Crippen molar-refractivity contribution in [3.05, 3.63) is 47.8 Å². The SMILES string of the molecule is COCC(Nc1cccc(F)n1)c1ccc(C)o1. The van der Waals surface area contributed by atoms with Crippen molar-refractivity contribution in [2.24, 2.45) is 0 Å². The summed E-state index contributed by atoms with van der Waals surface area (Å²) < 4.78 is 23.7. The predicted molar refractivity (Wildman–Crippen MR) is 65.9 cm³/mol. The summed E-state index contributed by atoms with van der Waals surface area (Å²) in [6, 6.07) is 8.14. The van der Waals surface area contributed by atoms with Gasteiger partial charge in [-0.25, -0.2) is 4.98 Å². The van der Waals surface area contributed by atoms with Gasteiger partial charge in [0.2, 0.25) is 5.95 Å². The smallest absolute Gasteiger partial charge is 0.214 e. The summed E-state index contributed by atoms with van der Waals surface area (Å²) in [5.41, 5.74) is 0. The van der Waals surface area contributed by atoms with Crippen molar-refractivity contribution in [3.63, 3.8) is 0 Å². The largest absolute Gasteiger partial charge is 0.464 e. The highest BCUT2D eigenvalue weighted by Crippen LogP contribution is 2.21. The van der Waals surface area contributed by atoms with Gasteiger partial charge in [0.1, 0.15) is 23.4 Å². The average Bonchev–Trinajstić information content (AvgIpc) is 2.75. The fraction of sp³-hybridized carbons (Fsp3) is 0.308. The molecule has 0 spiro atoms. The quantitative estimate of drug-likeness (QED) is 0.829. The van der Waals surface area contributed by atoms with Crippen LogP contribution in [-0.4, -0.2) is 18.7 Å². The van der Waals surface area contributed by atoms with Crippen LogP contribution in [0.5, 0.6) is 0 Å². The van der Waals surface area contributed by atoms with Gasteiger partial charge >= 0.3 is 0 Å². The Bertz CT molecular complexity index is 513. The van der Waals surface area contributed by atoms with Crippen LogP contribution in [0.1, 0.15) is 17.6 Å². The number of nitrogens with one attached hydrogen (secondary N) is 1. The van der Waals surface area contributed by atoms with Crippen LogP contribution in [0.4, 0.5) is 10.2 Å². The van der Waals surface area contributed by atoms with Crippen molar-refractivity contribution < 1.29 is 13.5 Å². The molecule has 2 rings (SSSR count). The van der Waals surface area contributed by atoms with Gasteiger partial charge < -0.3 is 14.5 Å². The Balaban J connectivity index is 2.16. The molecule has 4 nitrogen and oxygen atoms in total. The van der Waals surface area contributed by atoms with Gasteiger partial charge in [0.25, 0.3) is 0 Å². The standard InChI is InChI=1S/C13H15FN2O2/c1-9-6-7-11(18-9)10(8-17-2)15-13-5-3-4-12(14)16-13/h3-7,10H,8H2,1-2H3,(H,15,16). The number of ether oxygens (including phenoxy) is 1. The topological polar surface area (TPSA) is 47.3 Å². The summed E-state index contributed by atoms with van der Waals surface area (Å²) in [7, 11) is 1.60. The van der Waals surface area contributed by atoms with E-state index in [2.05, 4.69) is 10.3 Å². The molecule has 96 valence electrons. The van der Waals surface area contributed by atoms with Crippen molar-refractivity contribution in [1.82, 2.24) is 4.98 Å². The number of halogens is 1. The van der Waals surface area contributed by atoms with E-state index in [4.69, 9.17) is 9.15 Å². The van der Waals surface area contributed by atoms with Crippen LogP contribution in [0.2, 0.25) is 0 Å². The van der Waals surface area contributed by atoms with Gasteiger partial charge in [0, 0.05) is 7.11 Å². The molecule has 5 heteroatoms. The van der Waals surface area contributed by atoms with Crippen LogP contribution in [0.3, 0.4) is 0 Å². The van der Waals surface area contributed by atoms with Crippen LogP contribution in [-0.2, 0) is 4.74 Å². The molecule has 18 heavy (non-hydrogen) atoms. The fourth-order valence-corrected chi connectivity index (χ4v) is 1.67. The second kappa shape index (κ2) is 5.64. The van der Waals surface area contributed by atoms with E-state index >= 15 is 0 Å². The Morgan fingerprint density at radius 3 is 2.83 bits per heavy atom. The van der Waals surface area contributed by atoms with E-state index in [0.29, 0.717) is 12.4 Å². The molecule has 0 saturated carbocycles. The van der Waals surface area contributed by atoms with E-state index in [0.717, 1.165) is 11.5 Å². The maximum absolute atomic E-state index is 13.0. The zero-order valence-corrected chi connectivity index (χ0v) is 10.3. The fourth-order valence-electron chi connectivity index (χ4n) is 1.67. The first-order valence-corrected chi connectivity index (χ1v) is 5.63. The van der Waals surface area contributed by atoms with Crippen molar-refractivity contribution >= 4 is 5.82 Å². The minimum absolute atomic E-state index is 0.196. The lowest BCUT2D eigenvalue weighted by Crippen LogP contribution is -2.16. The molecule has 0 saturated heterocycles. The second-order valence-electron chi connectivity index (χ2n) is 3.95. The molecule has 0 bridgehead atoms. The average molecular weight is 250 g/mol. The van der Waals surface area contributed by atoms with E-state index < -0.39 is 5.95 Å².